The monoisotopic (exact) mass is 1770 g/mol. The van der Waals surface area contributed by atoms with Gasteiger partial charge in [-0.2, -0.15) is 38.4 Å². The van der Waals surface area contributed by atoms with Gasteiger partial charge in [-0.1, -0.05) is 121 Å². The van der Waals surface area contributed by atoms with Crippen molar-refractivity contribution in [3.63, 3.8) is 0 Å². The van der Waals surface area contributed by atoms with Crippen LogP contribution in [0.15, 0.2) is 194 Å². The molecule has 4 aliphatic heterocycles. The zero-order valence-electron chi connectivity index (χ0n) is 72.2. The van der Waals surface area contributed by atoms with Crippen LogP contribution in [0.5, 0.6) is 5.75 Å². The summed E-state index contributed by atoms with van der Waals surface area (Å²) in [6.07, 6.45) is 4.26. The summed E-state index contributed by atoms with van der Waals surface area (Å²) in [5.41, 5.74) is 15.5. The van der Waals surface area contributed by atoms with Crippen molar-refractivity contribution in [2.75, 3.05) is 107 Å². The number of likely N-dealkylation sites (tertiary alicyclic amines) is 3. The Morgan fingerprint density at radius 2 is 0.777 bits per heavy atom. The standard InChI is InChI=1S/C28H26N6O2.C24H28N6O2.C23H25F3N6O.C21H21F2N5O/c29-14-19-6-12-24(13-7-19)36-18-21-16-33(17-21)15-20-4-8-22(9-5-20)25-2-1-3-26-30-28(32-34(25)26)31-27(35)23-10-11-23;1-16(31)28(2)20-12-13-29(15-20)14-17-6-8-18(9-7-17)21-4-3-5-22-25-24(27-30(21)22)26-23(32)19-10-11-19;24-23(25,26)15-31-12-10-30(11-13-31)14-16-4-6-17(7-5-16)19-2-1-3-20-27-22(29-32(19)20)28-21(33)18-8-9-18;22-21(23)10-11-27(13-21)12-14-4-6-15(7-5-14)17-2-1-3-18-24-20(26-28(17)18)25-19(29)16-8-9-16/h1-9,12-13,21,23H,10-11,15-18H2,(H,31,32,35);3-9,19-20H,10-15H2,1-2H3,(H,26,27,32);1-7,18H,8-15H2,(H,28,29,33);1-7,16H,8-13H2,(H,25,26,29). The maximum absolute atomic E-state index is 13.4. The lowest BCUT2D eigenvalue weighted by Crippen LogP contribution is -2.48. The van der Waals surface area contributed by atoms with Crippen molar-refractivity contribution in [1.29, 1.82) is 5.26 Å². The molecule has 8 aromatic heterocycles. The Bertz CT molecular complexity index is 6290. The lowest BCUT2D eigenvalue weighted by Gasteiger charge is -2.39. The molecule has 1 unspecified atom stereocenters. The van der Waals surface area contributed by atoms with Gasteiger partial charge in [0, 0.05) is 163 Å². The molecule has 670 valence electrons. The minimum atomic E-state index is -4.14. The number of anilines is 4. The summed E-state index contributed by atoms with van der Waals surface area (Å²) in [5, 5.41) is 38.1. The number of amides is 5. The van der Waals surface area contributed by atoms with Gasteiger partial charge in [0.05, 0.1) is 54.1 Å². The van der Waals surface area contributed by atoms with Gasteiger partial charge < -0.3 is 9.64 Å². The SMILES string of the molecule is CC(=O)N(C)C1CCN(Cc2ccc(-c3cccc4nc(NC(=O)C5CC5)nn34)cc2)C1.N#Cc1ccc(OCC2CN(Cc3ccc(-c4cccc5nc(NC(=O)C6CC6)nn45)cc3)C2)cc1.O=C(Nc1nc2cccc(-c3ccc(CN4CCC(F)(F)C4)cc3)n2n1)C1CC1.O=C(Nc1nc2cccc(-c3ccc(CN4CCN(CC(F)(F)F)CC4)cc3)n2n1)C1CC1. The minimum Gasteiger partial charge on any atom is -0.493 e. The number of fused-ring (bicyclic) bond motifs is 4. The zero-order valence-corrected chi connectivity index (χ0v) is 72.2. The fourth-order valence-electron chi connectivity index (χ4n) is 16.7. The lowest BCUT2D eigenvalue weighted by atomic mass is 9.99. The number of carbonyl (C=O) groups is 5. The van der Waals surface area contributed by atoms with E-state index < -0.39 is 18.6 Å². The number of hydrogen-bond donors (Lipinski definition) is 4. The Morgan fingerprint density at radius 3 is 1.11 bits per heavy atom. The van der Waals surface area contributed by atoms with Crippen LogP contribution in [0.25, 0.3) is 67.6 Å². The quantitative estimate of drug-likeness (QED) is 0.0386. The summed E-state index contributed by atoms with van der Waals surface area (Å²) < 4.78 is 77.3. The third-order valence-electron chi connectivity index (χ3n) is 24.7. The molecule has 0 radical (unpaired) electrons. The first kappa shape index (κ1) is 87.4. The average molecular weight is 1770 g/mol. The average Bonchev–Trinajstić information content (AvgIpc) is 1.65. The second kappa shape index (κ2) is 38.2. The molecule has 12 heterocycles. The third-order valence-corrected chi connectivity index (χ3v) is 24.7. The molecule has 21 rings (SSSR count). The number of rotatable bonds is 25. The molecule has 0 spiro atoms. The summed E-state index contributed by atoms with van der Waals surface area (Å²) in [6.45, 7) is 10.7. The number of alkyl halides is 5. The molecule has 5 amide bonds. The Kier molecular flexibility index (Phi) is 25.6. The highest BCUT2D eigenvalue weighted by Crippen LogP contribution is 2.36. The van der Waals surface area contributed by atoms with Gasteiger partial charge in [0.2, 0.25) is 53.3 Å². The van der Waals surface area contributed by atoms with E-state index in [0.717, 1.165) is 159 Å². The maximum Gasteiger partial charge on any atom is 0.401 e. The predicted octanol–water partition coefficient (Wildman–Crippen LogP) is 13.9. The van der Waals surface area contributed by atoms with Gasteiger partial charge >= 0.3 is 6.18 Å². The second-order valence-corrected chi connectivity index (χ2v) is 35.1. The molecular formula is C96H100F5N23O6. The fraction of sp³-hybridized carbons (Fsp3) is 0.375. The Morgan fingerprint density at radius 1 is 0.431 bits per heavy atom. The van der Waals surface area contributed by atoms with Gasteiger partial charge in [-0.3, -0.25) is 69.7 Å². The van der Waals surface area contributed by atoms with Crippen molar-refractivity contribution in [2.45, 2.75) is 115 Å². The van der Waals surface area contributed by atoms with Crippen LogP contribution >= 0.6 is 0 Å². The van der Waals surface area contributed by atoms with Crippen molar-refractivity contribution >= 4 is 75.9 Å². The number of ether oxygens (including phenoxy) is 1. The van der Waals surface area contributed by atoms with Crippen LogP contribution in [0.3, 0.4) is 0 Å². The van der Waals surface area contributed by atoms with E-state index in [1.165, 1.54) is 16.0 Å². The summed E-state index contributed by atoms with van der Waals surface area (Å²) in [5.74, 6) is 0.531. The van der Waals surface area contributed by atoms with E-state index in [-0.39, 0.29) is 66.2 Å². The molecule has 4 aliphatic carbocycles. The van der Waals surface area contributed by atoms with Gasteiger partial charge in [-0.05, 0) is 153 Å². The highest BCUT2D eigenvalue weighted by molar-refractivity contribution is 5.95. The van der Waals surface area contributed by atoms with Crippen LogP contribution in [0.2, 0.25) is 0 Å². The van der Waals surface area contributed by atoms with Crippen molar-refractivity contribution < 1.29 is 50.7 Å². The predicted molar refractivity (Wildman–Crippen MR) is 479 cm³/mol. The molecule has 8 fully saturated rings. The number of nitrogens with one attached hydrogen (secondary N) is 4. The largest absolute Gasteiger partial charge is 0.493 e. The molecule has 5 aromatic carbocycles. The van der Waals surface area contributed by atoms with Crippen molar-refractivity contribution in [3.8, 4) is 56.8 Å². The second-order valence-electron chi connectivity index (χ2n) is 35.1. The topological polar surface area (TPSA) is 307 Å². The molecular weight excluding hydrogens is 1670 g/mol. The van der Waals surface area contributed by atoms with Gasteiger partial charge in [0.1, 0.15) is 5.75 Å². The molecule has 0 bridgehead atoms. The van der Waals surface area contributed by atoms with Crippen LogP contribution in [0, 0.1) is 40.9 Å². The highest BCUT2D eigenvalue weighted by Gasteiger charge is 2.39. The molecule has 4 saturated heterocycles. The number of carbonyl (C=O) groups excluding carboxylic acids is 5. The van der Waals surface area contributed by atoms with Crippen LogP contribution in [0.4, 0.5) is 45.7 Å². The highest BCUT2D eigenvalue weighted by atomic mass is 19.4. The smallest absolute Gasteiger partial charge is 0.401 e. The third kappa shape index (κ3) is 22.1. The number of pyridine rings is 4. The van der Waals surface area contributed by atoms with Gasteiger partial charge in [0.15, 0.2) is 22.6 Å². The van der Waals surface area contributed by atoms with E-state index in [0.29, 0.717) is 116 Å². The van der Waals surface area contributed by atoms with Crippen LogP contribution in [-0.2, 0) is 50.2 Å². The van der Waals surface area contributed by atoms with Gasteiger partial charge in [0.25, 0.3) is 5.92 Å². The van der Waals surface area contributed by atoms with E-state index in [1.54, 1.807) is 42.0 Å². The number of nitriles is 1. The van der Waals surface area contributed by atoms with Crippen LogP contribution in [-0.4, -0.2) is 221 Å². The van der Waals surface area contributed by atoms with Gasteiger partial charge in [-0.25, -0.2) is 26.8 Å². The number of likely N-dealkylation sites (N-methyl/N-ethyl adjacent to an activating group) is 1. The Hall–Kier alpha value is -13.3. The molecule has 29 nitrogen and oxygen atoms in total. The summed E-state index contributed by atoms with van der Waals surface area (Å²) >= 11 is 0. The fourth-order valence-corrected chi connectivity index (χ4v) is 16.7. The lowest BCUT2D eigenvalue weighted by molar-refractivity contribution is -0.149. The Labute approximate surface area is 746 Å². The van der Waals surface area contributed by atoms with Gasteiger partial charge in [-0.15, -0.1) is 20.4 Å². The summed E-state index contributed by atoms with van der Waals surface area (Å²) in [6, 6.07) is 65.7. The first-order valence-corrected chi connectivity index (χ1v) is 44.4. The van der Waals surface area contributed by atoms with Crippen molar-refractivity contribution in [1.82, 2.24) is 87.8 Å². The normalized spacial score (nSPS) is 17.8. The van der Waals surface area contributed by atoms with Crippen molar-refractivity contribution in [3.05, 3.63) is 222 Å². The number of halogens is 5. The molecule has 13 aromatic rings. The Balaban J connectivity index is 0.000000117. The maximum atomic E-state index is 13.4. The molecule has 34 heteroatoms. The van der Waals surface area contributed by atoms with E-state index in [4.69, 9.17) is 10.00 Å². The van der Waals surface area contributed by atoms with E-state index in [9.17, 15) is 45.9 Å². The first-order chi connectivity index (χ1) is 62.9. The summed E-state index contributed by atoms with van der Waals surface area (Å²) in [7, 11) is 1.89. The zero-order chi connectivity index (χ0) is 89.7. The number of benzene rings is 5. The number of hydrogen-bond acceptors (Lipinski definition) is 20. The molecule has 4 saturated carbocycles. The first-order valence-electron chi connectivity index (χ1n) is 44.4. The van der Waals surface area contributed by atoms with E-state index >= 15 is 0 Å². The molecule has 130 heavy (non-hydrogen) atoms. The number of piperazine rings is 1. The van der Waals surface area contributed by atoms with Crippen molar-refractivity contribution in [2.24, 2.45) is 29.6 Å². The van der Waals surface area contributed by atoms with E-state index in [1.807, 2.05) is 145 Å². The van der Waals surface area contributed by atoms with Crippen LogP contribution < -0.4 is 26.0 Å². The summed E-state index contributed by atoms with van der Waals surface area (Å²) in [4.78, 5) is 89.6. The van der Waals surface area contributed by atoms with E-state index in [2.05, 4.69) is 131 Å². The molecule has 4 N–H and O–H groups in total. The number of aromatic nitrogens is 12. The minimum absolute atomic E-state index is 0.00505. The molecule has 1 atom stereocenters. The molecule has 8 aliphatic rings. The number of nitrogens with zero attached hydrogens (tertiary/aromatic N) is 19. The van der Waals surface area contributed by atoms with Crippen LogP contribution in [0.1, 0.15) is 98.9 Å².